The Morgan fingerprint density at radius 2 is 1.72 bits per heavy atom. The Morgan fingerprint density at radius 1 is 1.03 bits per heavy atom. The summed E-state index contributed by atoms with van der Waals surface area (Å²) in [6.07, 6.45) is 1.67. The normalized spacial score (nSPS) is 11.8. The van der Waals surface area contributed by atoms with E-state index in [9.17, 15) is 9.18 Å². The molecule has 4 aromatic rings. The molecule has 0 spiro atoms. The predicted octanol–water partition coefficient (Wildman–Crippen LogP) is 6.08. The molecule has 1 amide bonds. The van der Waals surface area contributed by atoms with Gasteiger partial charge in [-0.15, -0.1) is 0 Å². The first kappa shape index (κ1) is 21.8. The second-order valence-corrected chi connectivity index (χ2v) is 8.09. The van der Waals surface area contributed by atoms with Crippen LogP contribution in [0.2, 0.25) is 5.02 Å². The van der Waals surface area contributed by atoms with Gasteiger partial charge < -0.3 is 5.32 Å². The second-order valence-electron chi connectivity index (χ2n) is 7.68. The van der Waals surface area contributed by atoms with E-state index in [1.54, 1.807) is 24.3 Å². The summed E-state index contributed by atoms with van der Waals surface area (Å²) in [6, 6.07) is 25.0. The predicted molar refractivity (Wildman–Crippen MR) is 126 cm³/mol. The maximum Gasteiger partial charge on any atom is 0.270 e. The van der Waals surface area contributed by atoms with Crippen molar-refractivity contribution in [3.05, 3.63) is 107 Å². The molecule has 1 aromatic heterocycles. The van der Waals surface area contributed by atoms with Crippen LogP contribution in [-0.2, 0) is 6.42 Å². The molecule has 1 N–H and O–H groups in total. The van der Waals surface area contributed by atoms with Crippen molar-refractivity contribution in [3.63, 3.8) is 0 Å². The molecule has 4 nitrogen and oxygen atoms in total. The summed E-state index contributed by atoms with van der Waals surface area (Å²) in [5.74, 6) is -0.603. The molecule has 1 heterocycles. The molecule has 162 valence electrons. The minimum absolute atomic E-state index is 0.0389. The van der Waals surface area contributed by atoms with E-state index in [-0.39, 0.29) is 17.8 Å². The molecule has 0 fully saturated rings. The highest BCUT2D eigenvalue weighted by atomic mass is 35.5. The topological polar surface area (TPSA) is 46.9 Å². The Balaban J connectivity index is 1.60. The highest BCUT2D eigenvalue weighted by Gasteiger charge is 2.20. The number of aromatic nitrogens is 2. The van der Waals surface area contributed by atoms with Crippen molar-refractivity contribution in [2.24, 2.45) is 0 Å². The van der Waals surface area contributed by atoms with Crippen LogP contribution in [0.15, 0.2) is 84.9 Å². The van der Waals surface area contributed by atoms with E-state index < -0.39 is 0 Å². The molecule has 0 bridgehead atoms. The quantitative estimate of drug-likeness (QED) is 0.373. The van der Waals surface area contributed by atoms with Crippen molar-refractivity contribution >= 4 is 17.5 Å². The molecule has 0 aliphatic carbocycles. The Bertz CT molecular complexity index is 1210. The Kier molecular flexibility index (Phi) is 6.66. The SMILES string of the molecule is CC(CCc1ccccc1)NC(=O)c1cc(-c2ccccc2Cl)nn1-c1ccc(F)cc1. The summed E-state index contributed by atoms with van der Waals surface area (Å²) < 4.78 is 15.0. The molecule has 0 aliphatic rings. The number of hydrogen-bond acceptors (Lipinski definition) is 2. The van der Waals surface area contributed by atoms with E-state index in [0.29, 0.717) is 22.1 Å². The average Bonchev–Trinajstić information content (AvgIpc) is 3.24. The van der Waals surface area contributed by atoms with E-state index in [0.717, 1.165) is 18.4 Å². The summed E-state index contributed by atoms with van der Waals surface area (Å²) >= 11 is 6.35. The number of aryl methyl sites for hydroxylation is 1. The van der Waals surface area contributed by atoms with Crippen LogP contribution in [0.5, 0.6) is 0 Å². The number of amides is 1. The summed E-state index contributed by atoms with van der Waals surface area (Å²) in [5.41, 5.74) is 3.47. The zero-order chi connectivity index (χ0) is 22.5. The monoisotopic (exact) mass is 447 g/mol. The van der Waals surface area contributed by atoms with Crippen LogP contribution in [0, 0.1) is 5.82 Å². The number of carbonyl (C=O) groups excluding carboxylic acids is 1. The van der Waals surface area contributed by atoms with Crippen molar-refractivity contribution in [1.82, 2.24) is 15.1 Å². The Hall–Kier alpha value is -3.44. The summed E-state index contributed by atoms with van der Waals surface area (Å²) in [7, 11) is 0. The van der Waals surface area contributed by atoms with Crippen molar-refractivity contribution in [1.29, 1.82) is 0 Å². The number of nitrogens with zero attached hydrogens (tertiary/aromatic N) is 2. The van der Waals surface area contributed by atoms with Crippen LogP contribution in [0.4, 0.5) is 4.39 Å². The average molecular weight is 448 g/mol. The Morgan fingerprint density at radius 3 is 2.44 bits per heavy atom. The Labute approximate surface area is 191 Å². The van der Waals surface area contributed by atoms with Crippen LogP contribution in [0.1, 0.15) is 29.4 Å². The van der Waals surface area contributed by atoms with Crippen LogP contribution in [-0.4, -0.2) is 21.7 Å². The number of benzene rings is 3. The molecule has 1 atom stereocenters. The van der Waals surface area contributed by atoms with Gasteiger partial charge in [0.2, 0.25) is 0 Å². The largest absolute Gasteiger partial charge is 0.348 e. The first-order valence-corrected chi connectivity index (χ1v) is 10.8. The third-order valence-electron chi connectivity index (χ3n) is 5.25. The van der Waals surface area contributed by atoms with Crippen molar-refractivity contribution in [2.45, 2.75) is 25.8 Å². The van der Waals surface area contributed by atoms with E-state index in [1.165, 1.54) is 22.4 Å². The van der Waals surface area contributed by atoms with Crippen molar-refractivity contribution < 1.29 is 9.18 Å². The van der Waals surface area contributed by atoms with Gasteiger partial charge in [0.1, 0.15) is 11.5 Å². The molecule has 0 saturated heterocycles. The maximum atomic E-state index is 13.5. The second kappa shape index (κ2) is 9.79. The fourth-order valence-electron chi connectivity index (χ4n) is 3.52. The molecule has 0 radical (unpaired) electrons. The lowest BCUT2D eigenvalue weighted by Crippen LogP contribution is -2.34. The lowest BCUT2D eigenvalue weighted by atomic mass is 10.1. The standard InChI is InChI=1S/C26H23ClFN3O/c1-18(11-12-19-7-3-2-4-8-19)29-26(32)25-17-24(22-9-5-6-10-23(22)27)30-31(25)21-15-13-20(28)14-16-21/h2-10,13-18H,11-12H2,1H3,(H,29,32). The third kappa shape index (κ3) is 5.06. The van der Waals surface area contributed by atoms with Gasteiger partial charge in [0, 0.05) is 11.6 Å². The zero-order valence-corrected chi connectivity index (χ0v) is 18.4. The highest BCUT2D eigenvalue weighted by Crippen LogP contribution is 2.28. The summed E-state index contributed by atoms with van der Waals surface area (Å²) in [6.45, 7) is 1.98. The molecule has 1 unspecified atom stereocenters. The van der Waals surface area contributed by atoms with Crippen molar-refractivity contribution in [3.8, 4) is 16.9 Å². The van der Waals surface area contributed by atoms with E-state index in [2.05, 4.69) is 22.5 Å². The first-order chi connectivity index (χ1) is 15.5. The van der Waals surface area contributed by atoms with Gasteiger partial charge in [-0.3, -0.25) is 4.79 Å². The first-order valence-electron chi connectivity index (χ1n) is 10.5. The molecule has 4 rings (SSSR count). The number of hydrogen-bond donors (Lipinski definition) is 1. The molecular weight excluding hydrogens is 425 g/mol. The minimum atomic E-state index is -0.354. The van der Waals surface area contributed by atoms with Gasteiger partial charge in [0.15, 0.2) is 0 Å². The fourth-order valence-corrected chi connectivity index (χ4v) is 3.75. The summed E-state index contributed by atoms with van der Waals surface area (Å²) in [4.78, 5) is 13.2. The number of nitrogens with one attached hydrogen (secondary N) is 1. The summed E-state index contributed by atoms with van der Waals surface area (Å²) in [5, 5.41) is 8.21. The number of rotatable bonds is 7. The maximum absolute atomic E-state index is 13.5. The van der Waals surface area contributed by atoms with Gasteiger partial charge in [0.25, 0.3) is 5.91 Å². The van der Waals surface area contributed by atoms with Crippen LogP contribution in [0.25, 0.3) is 16.9 Å². The molecule has 0 aliphatic heterocycles. The minimum Gasteiger partial charge on any atom is -0.348 e. The lowest BCUT2D eigenvalue weighted by Gasteiger charge is -2.14. The molecule has 3 aromatic carbocycles. The third-order valence-corrected chi connectivity index (χ3v) is 5.58. The van der Waals surface area contributed by atoms with Gasteiger partial charge >= 0.3 is 0 Å². The fraction of sp³-hybridized carbons (Fsp3) is 0.154. The van der Waals surface area contributed by atoms with E-state index in [1.807, 2.05) is 43.3 Å². The molecular formula is C26H23ClFN3O. The van der Waals surface area contributed by atoms with Gasteiger partial charge in [0.05, 0.1) is 16.4 Å². The van der Waals surface area contributed by atoms with Gasteiger partial charge in [-0.2, -0.15) is 5.10 Å². The number of carbonyl (C=O) groups is 1. The van der Waals surface area contributed by atoms with Crippen LogP contribution < -0.4 is 5.32 Å². The van der Waals surface area contributed by atoms with Gasteiger partial charge in [-0.1, -0.05) is 60.1 Å². The zero-order valence-electron chi connectivity index (χ0n) is 17.6. The molecule has 6 heteroatoms. The molecule has 0 saturated carbocycles. The smallest absolute Gasteiger partial charge is 0.270 e. The number of halogens is 2. The lowest BCUT2D eigenvalue weighted by molar-refractivity contribution is 0.0930. The van der Waals surface area contributed by atoms with Crippen LogP contribution in [0.3, 0.4) is 0 Å². The van der Waals surface area contributed by atoms with E-state index in [4.69, 9.17) is 11.6 Å². The van der Waals surface area contributed by atoms with E-state index >= 15 is 0 Å². The highest BCUT2D eigenvalue weighted by molar-refractivity contribution is 6.33. The van der Waals surface area contributed by atoms with Gasteiger partial charge in [-0.05, 0) is 61.7 Å². The van der Waals surface area contributed by atoms with Crippen LogP contribution >= 0.6 is 11.6 Å². The van der Waals surface area contributed by atoms with Gasteiger partial charge in [-0.25, -0.2) is 9.07 Å². The molecule has 32 heavy (non-hydrogen) atoms. The van der Waals surface area contributed by atoms with Crippen molar-refractivity contribution in [2.75, 3.05) is 0 Å².